The van der Waals surface area contributed by atoms with Gasteiger partial charge in [0, 0.05) is 0 Å². The number of rotatable bonds is 8. The lowest BCUT2D eigenvalue weighted by atomic mass is 10.2. The van der Waals surface area contributed by atoms with E-state index >= 15 is 0 Å². The van der Waals surface area contributed by atoms with Gasteiger partial charge in [-0.2, -0.15) is 0 Å². The highest BCUT2D eigenvalue weighted by molar-refractivity contribution is 8.03. The number of aliphatic carboxylic acids is 1. The number of aromatic nitrogens is 1. The largest absolute Gasteiger partial charge is 0.493 e. The van der Waals surface area contributed by atoms with Crippen molar-refractivity contribution in [1.29, 1.82) is 0 Å². The molecule has 0 fully saturated rings. The van der Waals surface area contributed by atoms with Crippen molar-refractivity contribution in [2.24, 2.45) is 0 Å². The normalized spacial score (nSPS) is 11.5. The maximum atomic E-state index is 11.8. The molecule has 6 nitrogen and oxygen atoms in total. The van der Waals surface area contributed by atoms with E-state index in [-0.39, 0.29) is 10.1 Å². The Hall–Kier alpha value is -3.71. The molecule has 4 aromatic rings. The van der Waals surface area contributed by atoms with Gasteiger partial charge in [0.1, 0.15) is 17.0 Å². The summed E-state index contributed by atoms with van der Waals surface area (Å²) in [6.07, 6.45) is 1.55. The molecule has 0 saturated heterocycles. The van der Waals surface area contributed by atoms with Crippen molar-refractivity contribution in [2.45, 2.75) is 11.8 Å². The van der Waals surface area contributed by atoms with E-state index in [9.17, 15) is 9.90 Å². The molecule has 0 amide bonds. The number of hydrogen-bond acceptors (Lipinski definition) is 6. The van der Waals surface area contributed by atoms with E-state index in [0.717, 1.165) is 17.3 Å². The predicted octanol–water partition coefficient (Wildman–Crippen LogP) is 5.63. The molecule has 0 aliphatic carbocycles. The Labute approximate surface area is 183 Å². The van der Waals surface area contributed by atoms with Crippen LogP contribution in [0.2, 0.25) is 0 Å². The number of nitrogens with zero attached hydrogens (tertiary/aromatic N) is 1. The van der Waals surface area contributed by atoms with Gasteiger partial charge in [-0.15, -0.1) is 0 Å². The maximum Gasteiger partial charge on any atom is 0.342 e. The number of ether oxygens (including phenoxy) is 2. The number of oxazole rings is 1. The minimum absolute atomic E-state index is 0.0755. The predicted molar refractivity (Wildman–Crippen MR) is 119 cm³/mol. The van der Waals surface area contributed by atoms with Crippen molar-refractivity contribution in [1.82, 2.24) is 4.98 Å². The summed E-state index contributed by atoms with van der Waals surface area (Å²) >= 11 is 0.954. The number of carboxylic acid groups (broad SMARTS) is 1. The Bertz CT molecular complexity index is 1200. The third-order valence-electron chi connectivity index (χ3n) is 4.40. The van der Waals surface area contributed by atoms with Crippen molar-refractivity contribution >= 4 is 34.9 Å². The summed E-state index contributed by atoms with van der Waals surface area (Å²) in [6, 6.07) is 22.4. The fourth-order valence-corrected chi connectivity index (χ4v) is 3.65. The molecule has 4 rings (SSSR count). The summed E-state index contributed by atoms with van der Waals surface area (Å²) < 4.78 is 16.9. The van der Waals surface area contributed by atoms with Crippen LogP contribution >= 0.6 is 11.8 Å². The SMILES string of the molecule is COc1cc(/C=C(\Sc2nc3ccccc3o2)C(=O)O)ccc1OCc1ccccc1. The highest BCUT2D eigenvalue weighted by atomic mass is 32.2. The molecule has 0 bridgehead atoms. The second-order valence-corrected chi connectivity index (χ2v) is 7.54. The minimum Gasteiger partial charge on any atom is -0.493 e. The molecule has 0 atom stereocenters. The highest BCUT2D eigenvalue weighted by Gasteiger charge is 2.15. The average molecular weight is 433 g/mol. The summed E-state index contributed by atoms with van der Waals surface area (Å²) in [7, 11) is 1.55. The van der Waals surface area contributed by atoms with Crippen LogP contribution in [0, 0.1) is 0 Å². The third kappa shape index (κ3) is 5.07. The van der Waals surface area contributed by atoms with Crippen LogP contribution in [0.1, 0.15) is 11.1 Å². The van der Waals surface area contributed by atoms with Gasteiger partial charge in [-0.25, -0.2) is 9.78 Å². The van der Waals surface area contributed by atoms with E-state index in [0.29, 0.717) is 34.8 Å². The van der Waals surface area contributed by atoms with E-state index in [1.807, 2.05) is 48.5 Å². The zero-order chi connectivity index (χ0) is 21.6. The summed E-state index contributed by atoms with van der Waals surface area (Å²) in [5.74, 6) is 0.0175. The molecule has 31 heavy (non-hydrogen) atoms. The molecular weight excluding hydrogens is 414 g/mol. The average Bonchev–Trinajstić information content (AvgIpc) is 3.20. The first kappa shape index (κ1) is 20.6. The van der Waals surface area contributed by atoms with Crippen molar-refractivity contribution in [3.63, 3.8) is 0 Å². The van der Waals surface area contributed by atoms with Gasteiger partial charge in [-0.05, 0) is 53.2 Å². The van der Waals surface area contributed by atoms with Crippen LogP contribution in [0.25, 0.3) is 17.2 Å². The molecule has 156 valence electrons. The van der Waals surface area contributed by atoms with Gasteiger partial charge in [0.15, 0.2) is 17.1 Å². The summed E-state index contributed by atoms with van der Waals surface area (Å²) in [5.41, 5.74) is 2.98. The molecular formula is C24H19NO5S. The van der Waals surface area contributed by atoms with E-state index in [1.54, 1.807) is 37.5 Å². The lowest BCUT2D eigenvalue weighted by Crippen LogP contribution is -1.99. The molecule has 7 heteroatoms. The van der Waals surface area contributed by atoms with Gasteiger partial charge < -0.3 is 19.0 Å². The number of para-hydroxylation sites is 2. The number of carbonyl (C=O) groups is 1. The van der Waals surface area contributed by atoms with Gasteiger partial charge in [-0.1, -0.05) is 48.5 Å². The lowest BCUT2D eigenvalue weighted by molar-refractivity contribution is -0.131. The van der Waals surface area contributed by atoms with Crippen LogP contribution in [-0.4, -0.2) is 23.2 Å². The first-order valence-electron chi connectivity index (χ1n) is 9.45. The number of methoxy groups -OCH3 is 1. The fourth-order valence-electron chi connectivity index (χ4n) is 2.90. The van der Waals surface area contributed by atoms with Crippen LogP contribution in [0.15, 0.2) is 87.3 Å². The smallest absolute Gasteiger partial charge is 0.342 e. The topological polar surface area (TPSA) is 81.8 Å². The number of carboxylic acids is 1. The Morgan fingerprint density at radius 1 is 1.06 bits per heavy atom. The lowest BCUT2D eigenvalue weighted by Gasteiger charge is -2.11. The first-order valence-corrected chi connectivity index (χ1v) is 10.3. The van der Waals surface area contributed by atoms with Crippen molar-refractivity contribution < 1.29 is 23.8 Å². The van der Waals surface area contributed by atoms with Gasteiger partial charge >= 0.3 is 5.97 Å². The third-order valence-corrected chi connectivity index (χ3v) is 5.27. The monoisotopic (exact) mass is 433 g/mol. The molecule has 1 N–H and O–H groups in total. The molecule has 1 aromatic heterocycles. The number of thioether (sulfide) groups is 1. The van der Waals surface area contributed by atoms with Crippen LogP contribution in [0.4, 0.5) is 0 Å². The number of benzene rings is 3. The number of fused-ring (bicyclic) bond motifs is 1. The van der Waals surface area contributed by atoms with Crippen LogP contribution in [-0.2, 0) is 11.4 Å². The van der Waals surface area contributed by atoms with E-state index in [2.05, 4.69) is 4.98 Å². The van der Waals surface area contributed by atoms with E-state index in [1.165, 1.54) is 0 Å². The summed E-state index contributed by atoms with van der Waals surface area (Å²) in [5, 5.41) is 9.92. The summed E-state index contributed by atoms with van der Waals surface area (Å²) in [6.45, 7) is 0.403. The second-order valence-electron chi connectivity index (χ2n) is 6.55. The second kappa shape index (κ2) is 9.40. The van der Waals surface area contributed by atoms with Crippen LogP contribution < -0.4 is 9.47 Å². The first-order chi connectivity index (χ1) is 15.1. The molecule has 0 aliphatic rings. The van der Waals surface area contributed by atoms with Crippen molar-refractivity contribution in [3.8, 4) is 11.5 Å². The van der Waals surface area contributed by atoms with Gasteiger partial charge in [0.05, 0.1) is 7.11 Å². The minimum atomic E-state index is -1.07. The molecule has 1 heterocycles. The number of hydrogen-bond donors (Lipinski definition) is 1. The molecule has 0 radical (unpaired) electrons. The highest BCUT2D eigenvalue weighted by Crippen LogP contribution is 2.33. The van der Waals surface area contributed by atoms with E-state index in [4.69, 9.17) is 13.9 Å². The van der Waals surface area contributed by atoms with Gasteiger partial charge in [-0.3, -0.25) is 0 Å². The zero-order valence-corrected chi connectivity index (χ0v) is 17.5. The van der Waals surface area contributed by atoms with Crippen LogP contribution in [0.5, 0.6) is 11.5 Å². The molecule has 0 spiro atoms. The molecule has 0 unspecified atom stereocenters. The summed E-state index contributed by atoms with van der Waals surface area (Å²) in [4.78, 5) is 16.2. The van der Waals surface area contributed by atoms with Crippen molar-refractivity contribution in [2.75, 3.05) is 7.11 Å². The van der Waals surface area contributed by atoms with Crippen LogP contribution in [0.3, 0.4) is 0 Å². The Balaban J connectivity index is 1.55. The van der Waals surface area contributed by atoms with Crippen molar-refractivity contribution in [3.05, 3.63) is 88.8 Å². The maximum absolute atomic E-state index is 11.8. The fraction of sp³-hybridized carbons (Fsp3) is 0.0833. The van der Waals surface area contributed by atoms with Gasteiger partial charge in [0.2, 0.25) is 0 Å². The Morgan fingerprint density at radius 2 is 1.84 bits per heavy atom. The van der Waals surface area contributed by atoms with Gasteiger partial charge in [0.25, 0.3) is 5.22 Å². The quantitative estimate of drug-likeness (QED) is 0.285. The Morgan fingerprint density at radius 3 is 2.58 bits per heavy atom. The standard InChI is InChI=1S/C24H19NO5S/c1-28-21-13-17(11-12-20(21)29-15-16-7-3-2-4-8-16)14-22(23(26)27)31-24-25-18-9-5-6-10-19(18)30-24/h2-14H,15H2,1H3,(H,26,27)/b22-14-. The Kier molecular flexibility index (Phi) is 6.24. The molecule has 0 aliphatic heterocycles. The van der Waals surface area contributed by atoms with E-state index < -0.39 is 5.97 Å². The zero-order valence-electron chi connectivity index (χ0n) is 16.6. The molecule has 0 saturated carbocycles. The molecule has 3 aromatic carbocycles.